The number of ether oxygens (including phenoxy) is 1. The highest BCUT2D eigenvalue weighted by Gasteiger charge is 2.41. The van der Waals surface area contributed by atoms with Crippen LogP contribution in [0.25, 0.3) is 0 Å². The second kappa shape index (κ2) is 11.0. The van der Waals surface area contributed by atoms with E-state index in [1.165, 1.54) is 17.0 Å². The van der Waals surface area contributed by atoms with Gasteiger partial charge >= 0.3 is 0 Å². The Hall–Kier alpha value is -3.63. The molecule has 10 heteroatoms. The van der Waals surface area contributed by atoms with E-state index in [2.05, 4.69) is 9.71 Å². The van der Waals surface area contributed by atoms with Gasteiger partial charge in [0, 0.05) is 12.1 Å². The number of nitrogens with zero attached hydrogens (tertiary/aromatic N) is 2. The number of carbonyl (C=O) groups is 2. The van der Waals surface area contributed by atoms with Gasteiger partial charge in [0.25, 0.3) is 10.0 Å². The molecular weight excluding hydrogens is 498 g/mol. The fourth-order valence-corrected chi connectivity index (χ4v) is 5.92. The Balaban J connectivity index is 1.59. The molecule has 0 bridgehead atoms. The van der Waals surface area contributed by atoms with E-state index in [1.54, 1.807) is 73.8 Å². The van der Waals surface area contributed by atoms with Crippen LogP contribution in [0.1, 0.15) is 18.9 Å². The second-order valence-electron chi connectivity index (χ2n) is 7.94. The molecule has 36 heavy (non-hydrogen) atoms. The van der Waals surface area contributed by atoms with Gasteiger partial charge < -0.3 is 10.1 Å². The zero-order valence-electron chi connectivity index (χ0n) is 19.7. The van der Waals surface area contributed by atoms with Crippen molar-refractivity contribution in [1.29, 1.82) is 0 Å². The van der Waals surface area contributed by atoms with Crippen LogP contribution in [-0.4, -0.2) is 37.8 Å². The van der Waals surface area contributed by atoms with Crippen molar-refractivity contribution in [1.82, 2.24) is 0 Å². The van der Waals surface area contributed by atoms with Crippen molar-refractivity contribution in [3.63, 3.8) is 0 Å². The third-order valence-corrected chi connectivity index (χ3v) is 8.06. The van der Waals surface area contributed by atoms with Crippen LogP contribution in [-0.2, 0) is 26.0 Å². The number of benzene rings is 3. The van der Waals surface area contributed by atoms with Gasteiger partial charge in [-0.25, -0.2) is 0 Å². The summed E-state index contributed by atoms with van der Waals surface area (Å²) in [6.45, 7) is 1.98. The molecule has 1 fully saturated rings. The van der Waals surface area contributed by atoms with Crippen LogP contribution < -0.4 is 15.0 Å². The Morgan fingerprint density at radius 2 is 1.69 bits per heavy atom. The maximum absolute atomic E-state index is 13.3. The van der Waals surface area contributed by atoms with E-state index in [0.29, 0.717) is 17.1 Å². The van der Waals surface area contributed by atoms with Gasteiger partial charge in [0.05, 0.1) is 17.7 Å². The fraction of sp³-hybridized carbons (Fsp3) is 0.192. The first-order valence-electron chi connectivity index (χ1n) is 11.2. The van der Waals surface area contributed by atoms with Gasteiger partial charge in [0.1, 0.15) is 11.0 Å². The number of para-hydroxylation sites is 1. The Morgan fingerprint density at radius 1 is 1.03 bits per heavy atom. The van der Waals surface area contributed by atoms with Crippen molar-refractivity contribution in [2.45, 2.75) is 29.9 Å². The highest BCUT2D eigenvalue weighted by atomic mass is 32.2. The van der Waals surface area contributed by atoms with Crippen LogP contribution in [0.3, 0.4) is 0 Å². The van der Waals surface area contributed by atoms with Gasteiger partial charge in [0.2, 0.25) is 11.8 Å². The molecule has 0 unspecified atom stereocenters. The monoisotopic (exact) mass is 523 g/mol. The van der Waals surface area contributed by atoms with Gasteiger partial charge in [-0.3, -0.25) is 14.5 Å². The second-order valence-corrected chi connectivity index (χ2v) is 10.7. The topological polar surface area (TPSA) is 105 Å². The zero-order valence-corrected chi connectivity index (χ0v) is 21.4. The van der Waals surface area contributed by atoms with E-state index in [4.69, 9.17) is 4.74 Å². The molecule has 1 aliphatic rings. The molecule has 0 spiro atoms. The number of sulfonamides is 1. The molecule has 3 aromatic carbocycles. The number of hydrogen-bond donors (Lipinski definition) is 1. The van der Waals surface area contributed by atoms with E-state index in [9.17, 15) is 18.0 Å². The Kier molecular flexibility index (Phi) is 7.76. The van der Waals surface area contributed by atoms with E-state index in [0.717, 1.165) is 23.7 Å². The highest BCUT2D eigenvalue weighted by Crippen LogP contribution is 2.35. The lowest BCUT2D eigenvalue weighted by Crippen LogP contribution is -2.33. The van der Waals surface area contributed by atoms with Gasteiger partial charge in [0.15, 0.2) is 5.17 Å². The summed E-state index contributed by atoms with van der Waals surface area (Å²) in [6.07, 6.45) is 0.629. The number of aryl methyl sites for hydroxylation is 1. The molecule has 2 amide bonds. The average molecular weight is 524 g/mol. The van der Waals surface area contributed by atoms with Crippen molar-refractivity contribution in [3.05, 3.63) is 84.4 Å². The van der Waals surface area contributed by atoms with E-state index in [1.807, 2.05) is 6.92 Å². The number of amidine groups is 1. The van der Waals surface area contributed by atoms with Crippen LogP contribution in [0.15, 0.2) is 88.2 Å². The first kappa shape index (κ1) is 25.5. The predicted octanol–water partition coefficient (Wildman–Crippen LogP) is 4.48. The first-order valence-corrected chi connectivity index (χ1v) is 13.6. The summed E-state index contributed by atoms with van der Waals surface area (Å²) in [4.78, 5) is 27.3. The number of rotatable bonds is 8. The molecular formula is C26H25N3O5S2. The minimum atomic E-state index is -4.08. The SMILES string of the molecule is CCc1ccc(S(=O)(=O)N=C2S[C@@H](CC(=O)Nc3ccc(OC)cc3)C(=O)N2c2ccccc2)cc1. The molecule has 1 atom stereocenters. The standard InChI is InChI=1S/C26H25N3O5S2/c1-3-18-9-15-22(16-10-18)36(32,33)28-26-29(20-7-5-4-6-8-20)25(31)23(35-26)17-24(30)27-19-11-13-21(34-2)14-12-19/h4-16,23H,3,17H2,1-2H3,(H,27,30)/t23-/m0/s1. The smallest absolute Gasteiger partial charge is 0.284 e. The van der Waals surface area contributed by atoms with Gasteiger partial charge in [-0.2, -0.15) is 8.42 Å². The Bertz CT molecular complexity index is 1370. The molecule has 8 nitrogen and oxygen atoms in total. The number of hydrogen-bond acceptors (Lipinski definition) is 6. The lowest BCUT2D eigenvalue weighted by molar-refractivity contribution is -0.121. The maximum Gasteiger partial charge on any atom is 0.284 e. The average Bonchev–Trinajstić information content (AvgIpc) is 3.18. The van der Waals surface area contributed by atoms with E-state index >= 15 is 0 Å². The molecule has 0 aromatic heterocycles. The van der Waals surface area contributed by atoms with Crippen molar-refractivity contribution >= 4 is 50.1 Å². The van der Waals surface area contributed by atoms with Gasteiger partial charge in [-0.05, 0) is 60.5 Å². The summed E-state index contributed by atoms with van der Waals surface area (Å²) >= 11 is 0.962. The number of methoxy groups -OCH3 is 1. The lowest BCUT2D eigenvalue weighted by atomic mass is 10.2. The van der Waals surface area contributed by atoms with Crippen molar-refractivity contribution in [2.24, 2.45) is 4.40 Å². The summed E-state index contributed by atoms with van der Waals surface area (Å²) in [5.74, 6) is -0.135. The minimum Gasteiger partial charge on any atom is -0.497 e. The van der Waals surface area contributed by atoms with Crippen LogP contribution in [0, 0.1) is 0 Å². The highest BCUT2D eigenvalue weighted by molar-refractivity contribution is 8.16. The summed E-state index contributed by atoms with van der Waals surface area (Å²) in [7, 11) is -2.53. The zero-order chi connectivity index (χ0) is 25.7. The number of amides is 2. The molecule has 0 aliphatic carbocycles. The maximum atomic E-state index is 13.3. The van der Waals surface area contributed by atoms with E-state index in [-0.39, 0.29) is 22.4 Å². The molecule has 186 valence electrons. The molecule has 1 saturated heterocycles. The molecule has 0 saturated carbocycles. The third-order valence-electron chi connectivity index (χ3n) is 5.52. The number of thioether (sulfide) groups is 1. The molecule has 3 aromatic rings. The normalized spacial score (nSPS) is 16.8. The molecule has 1 aliphatic heterocycles. The minimum absolute atomic E-state index is 0.00742. The third kappa shape index (κ3) is 5.77. The van der Waals surface area contributed by atoms with Crippen LogP contribution >= 0.6 is 11.8 Å². The molecule has 1 N–H and O–H groups in total. The van der Waals surface area contributed by atoms with Crippen LogP contribution in [0.2, 0.25) is 0 Å². The first-order chi connectivity index (χ1) is 17.3. The van der Waals surface area contributed by atoms with Crippen LogP contribution in [0.4, 0.5) is 11.4 Å². The summed E-state index contributed by atoms with van der Waals surface area (Å²) in [5.41, 5.74) is 2.03. The largest absolute Gasteiger partial charge is 0.497 e. The van der Waals surface area contributed by atoms with Crippen molar-refractivity contribution < 1.29 is 22.7 Å². The number of carbonyl (C=O) groups excluding carboxylic acids is 2. The summed E-state index contributed by atoms with van der Waals surface area (Å²) in [6, 6.07) is 22.0. The lowest BCUT2D eigenvalue weighted by Gasteiger charge is -2.16. The number of anilines is 2. The van der Waals surface area contributed by atoms with Crippen molar-refractivity contribution in [2.75, 3.05) is 17.3 Å². The quantitative estimate of drug-likeness (QED) is 0.467. The molecule has 0 radical (unpaired) electrons. The Morgan fingerprint density at radius 3 is 2.31 bits per heavy atom. The summed E-state index contributed by atoms with van der Waals surface area (Å²) < 4.78 is 35.3. The van der Waals surface area contributed by atoms with Crippen LogP contribution in [0.5, 0.6) is 5.75 Å². The fourth-order valence-electron chi connectivity index (χ4n) is 3.58. The number of nitrogens with one attached hydrogen (secondary N) is 1. The van der Waals surface area contributed by atoms with Gasteiger partial charge in [-0.1, -0.05) is 49.0 Å². The predicted molar refractivity (Wildman–Crippen MR) is 142 cm³/mol. The molecule has 4 rings (SSSR count). The van der Waals surface area contributed by atoms with Crippen molar-refractivity contribution in [3.8, 4) is 5.75 Å². The van der Waals surface area contributed by atoms with E-state index < -0.39 is 21.2 Å². The Labute approximate surface area is 214 Å². The molecule has 1 heterocycles. The van der Waals surface area contributed by atoms with Gasteiger partial charge in [-0.15, -0.1) is 4.40 Å². The summed E-state index contributed by atoms with van der Waals surface area (Å²) in [5, 5.41) is 1.93.